The molecule has 0 unspecified atom stereocenters. The maximum Gasteiger partial charge on any atom is 0.224 e. The van der Waals surface area contributed by atoms with E-state index in [1.807, 2.05) is 6.92 Å². The molecule has 0 spiro atoms. The second-order valence-electron chi connectivity index (χ2n) is 5.57. The Kier molecular flexibility index (Phi) is 6.42. The SMILES string of the molecule is Cc1ccnc(OCCN(C(C)C)C(C)C)c1/C(N)=N/O. The van der Waals surface area contributed by atoms with Gasteiger partial charge >= 0.3 is 0 Å². The van der Waals surface area contributed by atoms with Crippen LogP contribution in [0.5, 0.6) is 5.88 Å². The van der Waals surface area contributed by atoms with Gasteiger partial charge in [0, 0.05) is 24.8 Å². The molecule has 3 N–H and O–H groups in total. The highest BCUT2D eigenvalue weighted by Gasteiger charge is 2.16. The van der Waals surface area contributed by atoms with Crippen LogP contribution in [0.25, 0.3) is 0 Å². The first-order valence-corrected chi connectivity index (χ1v) is 7.20. The summed E-state index contributed by atoms with van der Waals surface area (Å²) in [7, 11) is 0. The van der Waals surface area contributed by atoms with Crippen molar-refractivity contribution in [1.29, 1.82) is 0 Å². The summed E-state index contributed by atoms with van der Waals surface area (Å²) in [5.41, 5.74) is 7.10. The Morgan fingerprint density at radius 2 is 2.00 bits per heavy atom. The third-order valence-electron chi connectivity index (χ3n) is 3.40. The van der Waals surface area contributed by atoms with E-state index in [1.165, 1.54) is 0 Å². The molecule has 1 aromatic heterocycles. The molecule has 1 aromatic rings. The Bertz CT molecular complexity index is 479. The minimum absolute atomic E-state index is 0.0141. The maximum absolute atomic E-state index is 8.87. The second kappa shape index (κ2) is 7.83. The number of nitrogens with two attached hydrogens (primary N) is 1. The quantitative estimate of drug-likeness (QED) is 0.348. The fraction of sp³-hybridized carbons (Fsp3) is 0.600. The van der Waals surface area contributed by atoms with Gasteiger partial charge in [-0.15, -0.1) is 0 Å². The molecule has 1 heterocycles. The highest BCUT2D eigenvalue weighted by molar-refractivity contribution is 6.00. The highest BCUT2D eigenvalue weighted by atomic mass is 16.5. The Labute approximate surface area is 126 Å². The van der Waals surface area contributed by atoms with Crippen LogP contribution in [0.2, 0.25) is 0 Å². The van der Waals surface area contributed by atoms with Crippen LogP contribution < -0.4 is 10.5 Å². The lowest BCUT2D eigenvalue weighted by molar-refractivity contribution is 0.140. The molecule has 6 heteroatoms. The van der Waals surface area contributed by atoms with E-state index in [0.29, 0.717) is 30.1 Å². The lowest BCUT2D eigenvalue weighted by Gasteiger charge is -2.30. The van der Waals surface area contributed by atoms with Crippen LogP contribution in [-0.2, 0) is 0 Å². The van der Waals surface area contributed by atoms with Crippen molar-refractivity contribution in [3.05, 3.63) is 23.4 Å². The van der Waals surface area contributed by atoms with Crippen LogP contribution in [0.3, 0.4) is 0 Å². The smallest absolute Gasteiger partial charge is 0.224 e. The first-order valence-electron chi connectivity index (χ1n) is 7.20. The van der Waals surface area contributed by atoms with Crippen molar-refractivity contribution in [2.75, 3.05) is 13.2 Å². The largest absolute Gasteiger partial charge is 0.476 e. The van der Waals surface area contributed by atoms with Crippen molar-refractivity contribution in [2.45, 2.75) is 46.7 Å². The summed E-state index contributed by atoms with van der Waals surface area (Å²) in [5.74, 6) is 0.415. The first kappa shape index (κ1) is 17.2. The molecule has 0 aromatic carbocycles. The first-order chi connectivity index (χ1) is 9.88. The molecule has 0 amide bonds. The summed E-state index contributed by atoms with van der Waals surface area (Å²) >= 11 is 0. The van der Waals surface area contributed by atoms with Gasteiger partial charge in [0.25, 0.3) is 0 Å². The molecule has 0 atom stereocenters. The zero-order valence-corrected chi connectivity index (χ0v) is 13.5. The number of hydrogen-bond donors (Lipinski definition) is 2. The molecular weight excluding hydrogens is 268 g/mol. The number of amidine groups is 1. The van der Waals surface area contributed by atoms with Gasteiger partial charge < -0.3 is 15.7 Å². The van der Waals surface area contributed by atoms with E-state index in [1.54, 1.807) is 12.3 Å². The summed E-state index contributed by atoms with van der Waals surface area (Å²) in [6.07, 6.45) is 1.65. The standard InChI is InChI=1S/C15H26N4O2/c1-10(2)19(11(3)4)8-9-21-15-13(14(16)18-20)12(5)6-7-17-15/h6-7,10-11,20H,8-9H2,1-5H3,(H2,16,18). The number of nitrogens with zero attached hydrogens (tertiary/aromatic N) is 3. The topological polar surface area (TPSA) is 84.0 Å². The van der Waals surface area contributed by atoms with Gasteiger partial charge in [-0.3, -0.25) is 4.90 Å². The minimum Gasteiger partial charge on any atom is -0.476 e. The van der Waals surface area contributed by atoms with Gasteiger partial charge in [0.2, 0.25) is 5.88 Å². The van der Waals surface area contributed by atoms with E-state index in [9.17, 15) is 0 Å². The molecule has 0 saturated heterocycles. The number of ether oxygens (including phenoxy) is 1. The van der Waals surface area contributed by atoms with Gasteiger partial charge in [0.05, 0.1) is 5.56 Å². The molecular formula is C15H26N4O2. The lowest BCUT2D eigenvalue weighted by Crippen LogP contribution is -2.39. The summed E-state index contributed by atoms with van der Waals surface area (Å²) < 4.78 is 5.75. The molecule has 0 bridgehead atoms. The van der Waals surface area contributed by atoms with Crippen LogP contribution in [0.15, 0.2) is 17.4 Å². The fourth-order valence-electron chi connectivity index (χ4n) is 2.36. The average Bonchev–Trinajstić information content (AvgIpc) is 2.42. The number of aryl methyl sites for hydroxylation is 1. The van der Waals surface area contributed by atoms with E-state index < -0.39 is 0 Å². The van der Waals surface area contributed by atoms with Gasteiger partial charge in [-0.2, -0.15) is 0 Å². The van der Waals surface area contributed by atoms with E-state index >= 15 is 0 Å². The monoisotopic (exact) mass is 294 g/mol. The van der Waals surface area contributed by atoms with Gasteiger partial charge in [-0.1, -0.05) is 5.16 Å². The molecule has 0 fully saturated rings. The van der Waals surface area contributed by atoms with Crippen LogP contribution in [0.4, 0.5) is 0 Å². The summed E-state index contributed by atoms with van der Waals surface area (Å²) in [4.78, 5) is 6.51. The fourth-order valence-corrected chi connectivity index (χ4v) is 2.36. The Balaban J connectivity index is 2.79. The summed E-state index contributed by atoms with van der Waals surface area (Å²) in [6.45, 7) is 11.8. The van der Waals surface area contributed by atoms with Crippen LogP contribution in [-0.4, -0.2) is 46.2 Å². The number of oxime groups is 1. The molecule has 6 nitrogen and oxygen atoms in total. The van der Waals surface area contributed by atoms with E-state index in [4.69, 9.17) is 15.7 Å². The van der Waals surface area contributed by atoms with E-state index in [2.05, 4.69) is 42.7 Å². The predicted molar refractivity (Wildman–Crippen MR) is 84.0 cm³/mol. The number of rotatable bonds is 7. The number of aromatic nitrogens is 1. The van der Waals surface area contributed by atoms with Crippen LogP contribution in [0.1, 0.15) is 38.8 Å². The molecule has 21 heavy (non-hydrogen) atoms. The normalized spacial score (nSPS) is 12.5. The van der Waals surface area contributed by atoms with Crippen LogP contribution in [0, 0.1) is 6.92 Å². The van der Waals surface area contributed by atoms with Crippen molar-refractivity contribution >= 4 is 5.84 Å². The lowest BCUT2D eigenvalue weighted by atomic mass is 10.1. The third-order valence-corrected chi connectivity index (χ3v) is 3.40. The minimum atomic E-state index is 0.0141. The van der Waals surface area contributed by atoms with Crippen molar-refractivity contribution in [3.63, 3.8) is 0 Å². The maximum atomic E-state index is 8.87. The van der Waals surface area contributed by atoms with Gasteiger partial charge in [0.15, 0.2) is 5.84 Å². The molecule has 118 valence electrons. The second-order valence-corrected chi connectivity index (χ2v) is 5.57. The molecule has 0 aliphatic rings. The van der Waals surface area contributed by atoms with Gasteiger partial charge in [-0.25, -0.2) is 4.98 Å². The third kappa shape index (κ3) is 4.60. The van der Waals surface area contributed by atoms with Gasteiger partial charge in [0.1, 0.15) is 6.61 Å². The zero-order valence-electron chi connectivity index (χ0n) is 13.5. The average molecular weight is 294 g/mol. The molecule has 1 rings (SSSR count). The molecule has 0 aliphatic heterocycles. The predicted octanol–water partition coefficient (Wildman–Crippen LogP) is 1.98. The van der Waals surface area contributed by atoms with E-state index in [-0.39, 0.29) is 5.84 Å². The van der Waals surface area contributed by atoms with E-state index in [0.717, 1.165) is 12.1 Å². The Hall–Kier alpha value is -1.82. The van der Waals surface area contributed by atoms with Crippen molar-refractivity contribution < 1.29 is 9.94 Å². The van der Waals surface area contributed by atoms with Crippen molar-refractivity contribution in [3.8, 4) is 5.88 Å². The molecule has 0 saturated carbocycles. The molecule has 0 aliphatic carbocycles. The van der Waals surface area contributed by atoms with Crippen LogP contribution >= 0.6 is 0 Å². The van der Waals surface area contributed by atoms with Crippen molar-refractivity contribution in [2.24, 2.45) is 10.9 Å². The Morgan fingerprint density at radius 3 is 2.52 bits per heavy atom. The highest BCUT2D eigenvalue weighted by Crippen LogP contribution is 2.18. The number of pyridine rings is 1. The summed E-state index contributed by atoms with van der Waals surface area (Å²) in [6, 6.07) is 2.69. The number of hydrogen-bond acceptors (Lipinski definition) is 5. The zero-order chi connectivity index (χ0) is 16.0. The van der Waals surface area contributed by atoms with Gasteiger partial charge in [-0.05, 0) is 46.2 Å². The van der Waals surface area contributed by atoms with Crippen molar-refractivity contribution in [1.82, 2.24) is 9.88 Å². The summed E-state index contributed by atoms with van der Waals surface area (Å²) in [5, 5.41) is 11.9. The Morgan fingerprint density at radius 1 is 1.38 bits per heavy atom. The molecule has 0 radical (unpaired) electrons.